The van der Waals surface area contributed by atoms with Crippen LogP contribution in [0.4, 0.5) is 13.2 Å². The molecular formula is C19H17F3N4O2. The summed E-state index contributed by atoms with van der Waals surface area (Å²) >= 11 is 0. The Kier molecular flexibility index (Phi) is 4.84. The smallest absolute Gasteiger partial charge is 0.248 e. The van der Waals surface area contributed by atoms with E-state index < -0.39 is 34.7 Å². The van der Waals surface area contributed by atoms with Crippen LogP contribution in [0.15, 0.2) is 36.4 Å². The van der Waals surface area contributed by atoms with Gasteiger partial charge in [0.15, 0.2) is 34.6 Å². The van der Waals surface area contributed by atoms with Crippen molar-refractivity contribution < 1.29 is 22.7 Å². The minimum Gasteiger partial charge on any atom is -0.474 e. The van der Waals surface area contributed by atoms with Crippen LogP contribution in [0.1, 0.15) is 30.0 Å². The zero-order valence-corrected chi connectivity index (χ0v) is 15.3. The second-order valence-corrected chi connectivity index (χ2v) is 6.63. The number of halogens is 3. The predicted molar refractivity (Wildman–Crippen MR) is 94.9 cm³/mol. The van der Waals surface area contributed by atoms with Gasteiger partial charge in [0.1, 0.15) is 5.82 Å². The highest BCUT2D eigenvalue weighted by Gasteiger charge is 2.32. The van der Waals surface area contributed by atoms with E-state index >= 15 is 0 Å². The summed E-state index contributed by atoms with van der Waals surface area (Å²) in [5.41, 5.74) is 3.96. The van der Waals surface area contributed by atoms with Gasteiger partial charge in [-0.05, 0) is 44.2 Å². The zero-order chi connectivity index (χ0) is 20.6. The van der Waals surface area contributed by atoms with Gasteiger partial charge in [0.25, 0.3) is 0 Å². The highest BCUT2D eigenvalue weighted by molar-refractivity contribution is 5.93. The fourth-order valence-electron chi connectivity index (χ4n) is 2.82. The molecule has 146 valence electrons. The summed E-state index contributed by atoms with van der Waals surface area (Å²) in [7, 11) is 1.56. The fourth-order valence-corrected chi connectivity index (χ4v) is 2.82. The highest BCUT2D eigenvalue weighted by atomic mass is 19.1. The summed E-state index contributed by atoms with van der Waals surface area (Å²) in [4.78, 5) is 11.2. The van der Waals surface area contributed by atoms with Crippen molar-refractivity contribution in [2.75, 3.05) is 0 Å². The monoisotopic (exact) mass is 390 g/mol. The lowest BCUT2D eigenvalue weighted by Gasteiger charge is -2.26. The van der Waals surface area contributed by atoms with Gasteiger partial charge in [-0.25, -0.2) is 13.2 Å². The van der Waals surface area contributed by atoms with Crippen molar-refractivity contribution in [3.8, 4) is 17.1 Å². The minimum absolute atomic E-state index is 0.0160. The molecule has 0 atom stereocenters. The van der Waals surface area contributed by atoms with Crippen molar-refractivity contribution in [2.45, 2.75) is 19.4 Å². The maximum Gasteiger partial charge on any atom is 0.248 e. The number of carbonyl (C=O) groups is 1. The number of benzene rings is 2. The maximum absolute atomic E-state index is 14.4. The standard InChI is InChI=1S/C19H17F3N4O2/c1-19(2,28-15-12(20)5-4-6-13(15)21)18-25-24-17(26(18)3)11-8-7-10(16(23)27)9-14(11)22/h4-9H,1-3H3,(H2,23,27). The van der Waals surface area contributed by atoms with Crippen LogP contribution in [0.2, 0.25) is 0 Å². The Morgan fingerprint density at radius 1 is 1.07 bits per heavy atom. The molecule has 0 aliphatic rings. The van der Waals surface area contributed by atoms with Gasteiger partial charge in [0, 0.05) is 12.6 Å². The molecule has 0 bridgehead atoms. The SMILES string of the molecule is Cn1c(-c2ccc(C(N)=O)cc2F)nnc1C(C)(C)Oc1c(F)cccc1F. The van der Waals surface area contributed by atoms with Crippen LogP contribution in [-0.4, -0.2) is 20.7 Å². The molecule has 0 saturated heterocycles. The van der Waals surface area contributed by atoms with Gasteiger partial charge in [0.05, 0.1) is 5.56 Å². The van der Waals surface area contributed by atoms with Crippen molar-refractivity contribution in [3.63, 3.8) is 0 Å². The molecule has 1 aromatic heterocycles. The number of ether oxygens (including phenoxy) is 1. The molecular weight excluding hydrogens is 373 g/mol. The molecule has 1 amide bonds. The average Bonchev–Trinajstić information content (AvgIpc) is 3.00. The summed E-state index contributed by atoms with van der Waals surface area (Å²) in [5.74, 6) is -3.37. The lowest BCUT2D eigenvalue weighted by Crippen LogP contribution is -2.30. The number of para-hydroxylation sites is 1. The molecule has 0 fully saturated rings. The summed E-state index contributed by atoms with van der Waals surface area (Å²) in [6.45, 7) is 3.11. The summed E-state index contributed by atoms with van der Waals surface area (Å²) in [5, 5.41) is 7.97. The summed E-state index contributed by atoms with van der Waals surface area (Å²) < 4.78 is 49.2. The van der Waals surface area contributed by atoms with E-state index in [9.17, 15) is 18.0 Å². The van der Waals surface area contributed by atoms with Gasteiger partial charge in [-0.1, -0.05) is 6.07 Å². The molecule has 0 aliphatic carbocycles. The van der Waals surface area contributed by atoms with E-state index in [0.717, 1.165) is 18.2 Å². The van der Waals surface area contributed by atoms with Crippen LogP contribution >= 0.6 is 0 Å². The van der Waals surface area contributed by atoms with E-state index in [1.165, 1.54) is 22.8 Å². The van der Waals surface area contributed by atoms with E-state index in [2.05, 4.69) is 10.2 Å². The first-order chi connectivity index (χ1) is 13.1. The van der Waals surface area contributed by atoms with E-state index in [-0.39, 0.29) is 22.8 Å². The first-order valence-electron chi connectivity index (χ1n) is 8.24. The van der Waals surface area contributed by atoms with Crippen LogP contribution in [0.3, 0.4) is 0 Å². The van der Waals surface area contributed by atoms with Crippen LogP contribution in [-0.2, 0) is 12.6 Å². The minimum atomic E-state index is -1.29. The second-order valence-electron chi connectivity index (χ2n) is 6.63. The Morgan fingerprint density at radius 2 is 1.71 bits per heavy atom. The molecule has 1 heterocycles. The van der Waals surface area contributed by atoms with E-state index in [1.54, 1.807) is 20.9 Å². The Labute approximate surface area is 158 Å². The molecule has 3 aromatic rings. The molecule has 3 rings (SSSR count). The van der Waals surface area contributed by atoms with Crippen LogP contribution < -0.4 is 10.5 Å². The van der Waals surface area contributed by atoms with Crippen molar-refractivity contribution in [1.82, 2.24) is 14.8 Å². The average molecular weight is 390 g/mol. The normalized spacial score (nSPS) is 11.5. The lowest BCUT2D eigenvalue weighted by atomic mass is 10.1. The Balaban J connectivity index is 1.99. The predicted octanol–water partition coefficient (Wildman–Crippen LogP) is 3.31. The molecule has 0 unspecified atom stereocenters. The topological polar surface area (TPSA) is 83.0 Å². The Bertz CT molecular complexity index is 1040. The number of hydrogen-bond acceptors (Lipinski definition) is 4. The van der Waals surface area contributed by atoms with Crippen LogP contribution in [0, 0.1) is 17.5 Å². The third-order valence-electron chi connectivity index (χ3n) is 4.18. The van der Waals surface area contributed by atoms with E-state index in [4.69, 9.17) is 10.5 Å². The number of nitrogens with two attached hydrogens (primary N) is 1. The van der Waals surface area contributed by atoms with Crippen molar-refractivity contribution in [2.24, 2.45) is 12.8 Å². The number of amides is 1. The van der Waals surface area contributed by atoms with Crippen molar-refractivity contribution >= 4 is 5.91 Å². The maximum atomic E-state index is 14.4. The van der Waals surface area contributed by atoms with Gasteiger partial charge < -0.3 is 15.0 Å². The molecule has 0 spiro atoms. The fraction of sp³-hybridized carbons (Fsp3) is 0.211. The van der Waals surface area contributed by atoms with Gasteiger partial charge in [-0.2, -0.15) is 0 Å². The summed E-state index contributed by atoms with van der Waals surface area (Å²) in [6.07, 6.45) is 0. The van der Waals surface area contributed by atoms with Crippen molar-refractivity contribution in [1.29, 1.82) is 0 Å². The third-order valence-corrected chi connectivity index (χ3v) is 4.18. The highest BCUT2D eigenvalue weighted by Crippen LogP contribution is 2.32. The number of hydrogen-bond donors (Lipinski definition) is 1. The Hall–Kier alpha value is -3.36. The van der Waals surface area contributed by atoms with Gasteiger partial charge in [-0.3, -0.25) is 4.79 Å². The number of nitrogens with zero attached hydrogens (tertiary/aromatic N) is 3. The molecule has 0 aliphatic heterocycles. The second kappa shape index (κ2) is 6.99. The molecule has 6 nitrogen and oxygen atoms in total. The number of rotatable bonds is 5. The summed E-state index contributed by atoms with van der Waals surface area (Å²) in [6, 6.07) is 7.10. The van der Waals surface area contributed by atoms with E-state index in [1.807, 2.05) is 0 Å². The first-order valence-corrected chi connectivity index (χ1v) is 8.24. The lowest BCUT2D eigenvalue weighted by molar-refractivity contribution is 0.0836. The Morgan fingerprint density at radius 3 is 2.29 bits per heavy atom. The number of carbonyl (C=O) groups excluding carboxylic acids is 1. The quantitative estimate of drug-likeness (QED) is 0.725. The molecule has 2 aromatic carbocycles. The number of primary amides is 1. The number of aromatic nitrogens is 3. The van der Waals surface area contributed by atoms with Gasteiger partial charge >= 0.3 is 0 Å². The molecule has 2 N–H and O–H groups in total. The third kappa shape index (κ3) is 3.42. The zero-order valence-electron chi connectivity index (χ0n) is 15.3. The van der Waals surface area contributed by atoms with Crippen molar-refractivity contribution in [3.05, 3.63) is 65.2 Å². The molecule has 0 saturated carbocycles. The largest absolute Gasteiger partial charge is 0.474 e. The van der Waals surface area contributed by atoms with Crippen LogP contribution in [0.5, 0.6) is 5.75 Å². The molecule has 9 heteroatoms. The molecule has 28 heavy (non-hydrogen) atoms. The van der Waals surface area contributed by atoms with Crippen LogP contribution in [0.25, 0.3) is 11.4 Å². The van der Waals surface area contributed by atoms with Gasteiger partial charge in [0.2, 0.25) is 5.91 Å². The van der Waals surface area contributed by atoms with Gasteiger partial charge in [-0.15, -0.1) is 10.2 Å². The molecule has 0 radical (unpaired) electrons. The van der Waals surface area contributed by atoms with E-state index in [0.29, 0.717) is 0 Å². The first kappa shape index (κ1) is 19.4.